The van der Waals surface area contributed by atoms with E-state index in [0.29, 0.717) is 5.56 Å². The van der Waals surface area contributed by atoms with E-state index >= 15 is 0 Å². The van der Waals surface area contributed by atoms with Gasteiger partial charge in [0.1, 0.15) is 0 Å². The summed E-state index contributed by atoms with van der Waals surface area (Å²) in [5, 5.41) is 12.1. The van der Waals surface area contributed by atoms with Gasteiger partial charge in [-0.25, -0.2) is 0 Å². The third-order valence-corrected chi connectivity index (χ3v) is 6.05. The smallest absolute Gasteiger partial charge is 0.261 e. The number of hydrogen-bond acceptors (Lipinski definition) is 4. The maximum atomic E-state index is 12.6. The van der Waals surface area contributed by atoms with Gasteiger partial charge in [0.15, 0.2) is 0 Å². The molecule has 0 atom stereocenters. The maximum Gasteiger partial charge on any atom is 0.261 e. The lowest BCUT2D eigenvalue weighted by atomic mass is 10.0. The van der Waals surface area contributed by atoms with Crippen molar-refractivity contribution >= 4 is 22.9 Å². The molecule has 4 nitrogen and oxygen atoms in total. The number of piperidine rings is 1. The summed E-state index contributed by atoms with van der Waals surface area (Å²) in [6, 6.07) is 12.2. The van der Waals surface area contributed by atoms with Crippen LogP contribution in [0, 0.1) is 18.3 Å². The van der Waals surface area contributed by atoms with Gasteiger partial charge in [-0.05, 0) is 62.1 Å². The van der Waals surface area contributed by atoms with Crippen LogP contribution in [0.1, 0.15) is 51.9 Å². The monoisotopic (exact) mass is 367 g/mol. The molecular weight excluding hydrogens is 342 g/mol. The molecule has 1 amide bonds. The van der Waals surface area contributed by atoms with Crippen molar-refractivity contribution in [3.8, 4) is 6.07 Å². The van der Waals surface area contributed by atoms with Crippen LogP contribution in [-0.4, -0.2) is 25.0 Å². The van der Waals surface area contributed by atoms with Crippen LogP contribution in [0.4, 0.5) is 5.69 Å². The lowest BCUT2D eigenvalue weighted by Gasteiger charge is -2.34. The highest BCUT2D eigenvalue weighted by Gasteiger charge is 2.22. The van der Waals surface area contributed by atoms with Gasteiger partial charge in [0.2, 0.25) is 0 Å². The van der Waals surface area contributed by atoms with Gasteiger partial charge in [0.25, 0.3) is 5.91 Å². The molecule has 2 heterocycles. The van der Waals surface area contributed by atoms with E-state index in [1.807, 2.05) is 24.3 Å². The minimum absolute atomic E-state index is 0.0669. The topological polar surface area (TPSA) is 56.1 Å². The lowest BCUT2D eigenvalue weighted by molar-refractivity contribution is 0.0935. The second-order valence-corrected chi connectivity index (χ2v) is 8.09. The fourth-order valence-corrected chi connectivity index (χ4v) is 4.41. The first-order valence-electron chi connectivity index (χ1n) is 9.26. The Morgan fingerprint density at radius 3 is 2.62 bits per heavy atom. The maximum absolute atomic E-state index is 12.6. The van der Waals surface area contributed by atoms with Gasteiger partial charge in [-0.1, -0.05) is 13.3 Å². The van der Waals surface area contributed by atoms with Gasteiger partial charge in [0.05, 0.1) is 16.5 Å². The number of carbonyl (C=O) groups is 1. The summed E-state index contributed by atoms with van der Waals surface area (Å²) in [7, 11) is 0. The molecule has 1 aliphatic heterocycles. The molecule has 2 aromatic rings. The second kappa shape index (κ2) is 8.37. The fraction of sp³-hybridized carbons (Fsp3) is 0.429. The van der Waals surface area contributed by atoms with Crippen LogP contribution in [0.3, 0.4) is 0 Å². The van der Waals surface area contributed by atoms with Crippen molar-refractivity contribution in [3.05, 3.63) is 51.2 Å². The van der Waals surface area contributed by atoms with Gasteiger partial charge in [-0.3, -0.25) is 4.79 Å². The molecule has 1 aromatic heterocycles. The van der Waals surface area contributed by atoms with E-state index in [2.05, 4.69) is 36.2 Å². The van der Waals surface area contributed by atoms with Crippen molar-refractivity contribution in [2.75, 3.05) is 18.0 Å². The normalized spacial score (nSPS) is 14.9. The molecule has 136 valence electrons. The molecule has 0 unspecified atom stereocenters. The number of carbonyl (C=O) groups excluding carboxylic acids is 1. The predicted octanol–water partition coefficient (Wildman–Crippen LogP) is 4.28. The quantitative estimate of drug-likeness (QED) is 0.858. The van der Waals surface area contributed by atoms with Crippen LogP contribution in [0.5, 0.6) is 0 Å². The molecule has 0 saturated carbocycles. The van der Waals surface area contributed by atoms with Crippen LogP contribution in [0.25, 0.3) is 0 Å². The largest absolute Gasteiger partial charge is 0.371 e. The first kappa shape index (κ1) is 18.5. The van der Waals surface area contributed by atoms with Crippen LogP contribution < -0.4 is 10.2 Å². The van der Waals surface area contributed by atoms with Gasteiger partial charge < -0.3 is 10.2 Å². The molecule has 1 saturated heterocycles. The van der Waals surface area contributed by atoms with Gasteiger partial charge >= 0.3 is 0 Å². The van der Waals surface area contributed by atoms with Crippen molar-refractivity contribution < 1.29 is 4.79 Å². The molecule has 1 N–H and O–H groups in total. The molecule has 0 radical (unpaired) electrons. The Labute approximate surface area is 159 Å². The number of nitrogens with one attached hydrogen (secondary N) is 1. The number of aryl methyl sites for hydroxylation is 2. The van der Waals surface area contributed by atoms with E-state index in [-0.39, 0.29) is 11.9 Å². The van der Waals surface area contributed by atoms with Crippen LogP contribution >= 0.6 is 11.3 Å². The van der Waals surface area contributed by atoms with Crippen molar-refractivity contribution in [1.29, 1.82) is 5.26 Å². The number of nitrogens with zero attached hydrogens (tertiary/aromatic N) is 2. The third kappa shape index (κ3) is 4.25. The Bertz CT molecular complexity index is 796. The Morgan fingerprint density at radius 2 is 2.00 bits per heavy atom. The molecule has 1 aromatic carbocycles. The van der Waals surface area contributed by atoms with Crippen molar-refractivity contribution in [3.63, 3.8) is 0 Å². The van der Waals surface area contributed by atoms with E-state index < -0.39 is 0 Å². The summed E-state index contributed by atoms with van der Waals surface area (Å²) in [6.45, 7) is 6.10. The SMILES string of the molecule is CCCc1cc(C(=O)NC2CCN(c3ccc(C#N)cc3)CC2)sc1C. The molecular formula is C21H25N3OS. The second-order valence-electron chi connectivity index (χ2n) is 6.84. The Balaban J connectivity index is 1.54. The fourth-order valence-electron chi connectivity index (χ4n) is 3.43. The summed E-state index contributed by atoms with van der Waals surface area (Å²) in [5.41, 5.74) is 3.13. The first-order valence-corrected chi connectivity index (χ1v) is 10.1. The summed E-state index contributed by atoms with van der Waals surface area (Å²) < 4.78 is 0. The van der Waals surface area contributed by atoms with Gasteiger partial charge in [0, 0.05) is 29.7 Å². The number of anilines is 1. The Hall–Kier alpha value is -2.32. The van der Waals surface area contributed by atoms with Crippen LogP contribution in [0.2, 0.25) is 0 Å². The highest BCUT2D eigenvalue weighted by Crippen LogP contribution is 2.24. The zero-order valence-corrected chi connectivity index (χ0v) is 16.2. The van der Waals surface area contributed by atoms with Gasteiger partial charge in [-0.2, -0.15) is 5.26 Å². The van der Waals surface area contributed by atoms with E-state index in [0.717, 1.165) is 49.3 Å². The highest BCUT2D eigenvalue weighted by atomic mass is 32.1. The molecule has 0 spiro atoms. The number of benzene rings is 1. The average Bonchev–Trinajstić information content (AvgIpc) is 3.04. The summed E-state index contributed by atoms with van der Waals surface area (Å²) >= 11 is 1.60. The molecule has 3 rings (SSSR count). The van der Waals surface area contributed by atoms with E-state index in [4.69, 9.17) is 5.26 Å². The minimum Gasteiger partial charge on any atom is -0.371 e. The van der Waals surface area contributed by atoms with Crippen LogP contribution in [0.15, 0.2) is 30.3 Å². The first-order chi connectivity index (χ1) is 12.6. The Kier molecular flexibility index (Phi) is 5.95. The average molecular weight is 368 g/mol. The number of hydrogen-bond donors (Lipinski definition) is 1. The lowest BCUT2D eigenvalue weighted by Crippen LogP contribution is -2.44. The number of nitriles is 1. The molecule has 0 bridgehead atoms. The molecule has 1 fully saturated rings. The summed E-state index contributed by atoms with van der Waals surface area (Å²) in [4.78, 5) is 17.0. The number of thiophene rings is 1. The molecule has 5 heteroatoms. The standard InChI is InChI=1S/C21H25N3OS/c1-3-4-17-13-20(26-15(17)2)21(25)23-18-9-11-24(12-10-18)19-7-5-16(14-22)6-8-19/h5-8,13,18H,3-4,9-12H2,1-2H3,(H,23,25). The zero-order chi connectivity index (χ0) is 18.5. The highest BCUT2D eigenvalue weighted by molar-refractivity contribution is 7.14. The summed E-state index contributed by atoms with van der Waals surface area (Å²) in [5.74, 6) is 0.0669. The van der Waals surface area contributed by atoms with Crippen molar-refractivity contribution in [2.45, 2.75) is 45.6 Å². The van der Waals surface area contributed by atoms with Crippen molar-refractivity contribution in [2.24, 2.45) is 0 Å². The van der Waals surface area contributed by atoms with Gasteiger partial charge in [-0.15, -0.1) is 11.3 Å². The minimum atomic E-state index is 0.0669. The summed E-state index contributed by atoms with van der Waals surface area (Å²) in [6.07, 6.45) is 4.03. The number of rotatable bonds is 5. The molecule has 1 aliphatic rings. The zero-order valence-electron chi connectivity index (χ0n) is 15.4. The van der Waals surface area contributed by atoms with E-state index in [1.54, 1.807) is 11.3 Å². The number of amides is 1. The van der Waals surface area contributed by atoms with Crippen molar-refractivity contribution in [1.82, 2.24) is 5.32 Å². The third-order valence-electron chi connectivity index (χ3n) is 4.96. The molecule has 0 aliphatic carbocycles. The van der Waals surface area contributed by atoms with E-state index in [1.165, 1.54) is 10.4 Å². The molecule has 26 heavy (non-hydrogen) atoms. The van der Waals surface area contributed by atoms with E-state index in [9.17, 15) is 4.79 Å². The van der Waals surface area contributed by atoms with Crippen LogP contribution in [-0.2, 0) is 6.42 Å². The predicted molar refractivity (Wildman–Crippen MR) is 107 cm³/mol. The Morgan fingerprint density at radius 1 is 1.31 bits per heavy atom.